The quantitative estimate of drug-likeness (QED) is 0.641. The molecule has 9 nitrogen and oxygen atoms in total. The highest BCUT2D eigenvalue weighted by Gasteiger charge is 2.38. The molecule has 0 radical (unpaired) electrons. The van der Waals surface area contributed by atoms with Gasteiger partial charge in [0.25, 0.3) is 0 Å². The van der Waals surface area contributed by atoms with Crippen LogP contribution in [0.5, 0.6) is 0 Å². The van der Waals surface area contributed by atoms with E-state index in [1.807, 2.05) is 13.0 Å². The third-order valence-corrected chi connectivity index (χ3v) is 7.90. The molecule has 0 saturated carbocycles. The van der Waals surface area contributed by atoms with Crippen molar-refractivity contribution >= 4 is 17.8 Å². The summed E-state index contributed by atoms with van der Waals surface area (Å²) in [6.07, 6.45) is 6.56. The number of nitrogens with zero attached hydrogens (tertiary/aromatic N) is 4. The van der Waals surface area contributed by atoms with E-state index in [1.165, 1.54) is 6.20 Å². The van der Waals surface area contributed by atoms with Gasteiger partial charge in [0.15, 0.2) is 5.69 Å². The lowest BCUT2D eigenvalue weighted by atomic mass is 9.71. The van der Waals surface area contributed by atoms with Gasteiger partial charge in [0, 0.05) is 25.2 Å². The number of cyclic esters (lactones) is 1. The Morgan fingerprint density at radius 2 is 1.85 bits per heavy atom. The zero-order chi connectivity index (χ0) is 23.9. The van der Waals surface area contributed by atoms with Crippen LogP contribution in [0.3, 0.4) is 0 Å². The van der Waals surface area contributed by atoms with Crippen LogP contribution in [0.4, 0.5) is 5.82 Å². The van der Waals surface area contributed by atoms with E-state index < -0.39 is 12.1 Å². The lowest BCUT2D eigenvalue weighted by Crippen LogP contribution is -2.47. The number of anilines is 1. The van der Waals surface area contributed by atoms with Crippen LogP contribution in [0.15, 0.2) is 24.5 Å². The number of aliphatic hydroxyl groups is 1. The molecule has 1 atom stereocenters. The maximum absolute atomic E-state index is 11.8. The van der Waals surface area contributed by atoms with E-state index in [0.29, 0.717) is 17.9 Å². The van der Waals surface area contributed by atoms with Crippen LogP contribution in [0.2, 0.25) is 0 Å². The van der Waals surface area contributed by atoms with Gasteiger partial charge in [-0.25, -0.2) is 14.6 Å². The number of rotatable bonds is 5. The van der Waals surface area contributed by atoms with Gasteiger partial charge in [0.05, 0.1) is 24.1 Å². The second-order valence-corrected chi connectivity index (χ2v) is 9.75. The van der Waals surface area contributed by atoms with Gasteiger partial charge < -0.3 is 24.7 Å². The summed E-state index contributed by atoms with van der Waals surface area (Å²) in [4.78, 5) is 35.7. The first-order chi connectivity index (χ1) is 16.3. The Bertz CT molecular complexity index is 1100. The van der Waals surface area contributed by atoms with Gasteiger partial charge in [-0.1, -0.05) is 6.07 Å². The second-order valence-electron chi connectivity index (χ2n) is 9.75. The number of benzene rings is 1. The van der Waals surface area contributed by atoms with Crippen molar-refractivity contribution in [3.63, 3.8) is 0 Å². The predicted molar refractivity (Wildman–Crippen MR) is 124 cm³/mol. The van der Waals surface area contributed by atoms with E-state index in [9.17, 15) is 19.8 Å². The number of aromatic carboxylic acids is 1. The number of β-amino-alcohol motifs (C(OH)–C–C–N with tert-alkyl or cyclic N) is 1. The SMILES string of the molecule is Cc1c(C(O)CN2CCC3(CC2)CCN(c2cncc(C(=O)O)n2)CC3)ccc2c1COC2=O. The molecule has 0 aliphatic carbocycles. The van der Waals surface area contributed by atoms with Crippen molar-refractivity contribution in [2.24, 2.45) is 5.41 Å². The maximum Gasteiger partial charge on any atom is 0.356 e. The average Bonchev–Trinajstić information content (AvgIpc) is 3.23. The third kappa shape index (κ3) is 4.25. The summed E-state index contributed by atoms with van der Waals surface area (Å²) in [5, 5.41) is 20.1. The summed E-state index contributed by atoms with van der Waals surface area (Å²) in [5.41, 5.74) is 3.59. The number of ether oxygens (including phenoxy) is 1. The topological polar surface area (TPSA) is 116 Å². The number of piperidine rings is 2. The molecule has 2 fully saturated rings. The average molecular weight is 467 g/mol. The molecule has 5 rings (SSSR count). The molecule has 1 spiro atoms. The Balaban J connectivity index is 1.16. The van der Waals surface area contributed by atoms with Crippen LogP contribution in [-0.2, 0) is 11.3 Å². The van der Waals surface area contributed by atoms with E-state index >= 15 is 0 Å². The molecule has 2 N–H and O–H groups in total. The van der Waals surface area contributed by atoms with Gasteiger partial charge in [-0.15, -0.1) is 0 Å². The van der Waals surface area contributed by atoms with Crippen molar-refractivity contribution in [1.82, 2.24) is 14.9 Å². The lowest BCUT2D eigenvalue weighted by molar-refractivity contribution is 0.0447. The highest BCUT2D eigenvalue weighted by molar-refractivity contribution is 5.94. The minimum Gasteiger partial charge on any atom is -0.476 e. The number of aliphatic hydroxyl groups excluding tert-OH is 1. The lowest BCUT2D eigenvalue weighted by Gasteiger charge is -2.47. The number of carbonyl (C=O) groups excluding carboxylic acids is 1. The van der Waals surface area contributed by atoms with E-state index in [1.54, 1.807) is 12.3 Å². The number of hydrogen-bond acceptors (Lipinski definition) is 8. The Hall–Kier alpha value is -3.04. The number of esters is 1. The van der Waals surface area contributed by atoms with Crippen LogP contribution >= 0.6 is 0 Å². The highest BCUT2D eigenvalue weighted by Crippen LogP contribution is 2.42. The number of fused-ring (bicyclic) bond motifs is 1. The van der Waals surface area contributed by atoms with Crippen molar-refractivity contribution in [2.45, 2.75) is 45.3 Å². The molecule has 9 heteroatoms. The Morgan fingerprint density at radius 1 is 1.15 bits per heavy atom. The van der Waals surface area contributed by atoms with E-state index in [0.717, 1.165) is 68.6 Å². The second kappa shape index (κ2) is 8.96. The standard InChI is InChI=1S/C25H30N4O5/c1-16-17(2-3-18-19(16)15-34-24(18)33)21(30)14-28-8-4-25(5-9-28)6-10-29(11-7-25)22-13-26-12-20(27-22)23(31)32/h2-3,12-13,21,30H,4-11,14-15H2,1H3,(H,31,32). The highest BCUT2D eigenvalue weighted by atomic mass is 16.5. The molecule has 0 amide bonds. The van der Waals surface area contributed by atoms with Gasteiger partial charge in [-0.3, -0.25) is 4.98 Å². The van der Waals surface area contributed by atoms with Crippen LogP contribution in [0.25, 0.3) is 0 Å². The predicted octanol–water partition coefficient (Wildman–Crippen LogP) is 2.57. The molecular formula is C25H30N4O5. The van der Waals surface area contributed by atoms with Gasteiger partial charge >= 0.3 is 11.9 Å². The smallest absolute Gasteiger partial charge is 0.356 e. The number of likely N-dealkylation sites (tertiary alicyclic amines) is 1. The molecule has 3 aliphatic heterocycles. The molecule has 1 aromatic carbocycles. The number of hydrogen-bond donors (Lipinski definition) is 2. The molecule has 3 aliphatic rings. The molecule has 0 bridgehead atoms. The fourth-order valence-corrected chi connectivity index (χ4v) is 5.60. The first-order valence-corrected chi connectivity index (χ1v) is 11.9. The summed E-state index contributed by atoms with van der Waals surface area (Å²) in [7, 11) is 0. The van der Waals surface area contributed by atoms with Gasteiger partial charge in [0.1, 0.15) is 12.4 Å². The van der Waals surface area contributed by atoms with Crippen molar-refractivity contribution in [3.8, 4) is 0 Å². The normalized spacial score (nSPS) is 20.8. The van der Waals surface area contributed by atoms with Gasteiger partial charge in [-0.2, -0.15) is 0 Å². The molecule has 1 aromatic heterocycles. The van der Waals surface area contributed by atoms with Crippen molar-refractivity contribution in [2.75, 3.05) is 37.6 Å². The molecule has 180 valence electrons. The first-order valence-electron chi connectivity index (χ1n) is 11.9. The summed E-state index contributed by atoms with van der Waals surface area (Å²) in [5.74, 6) is -0.713. The largest absolute Gasteiger partial charge is 0.476 e. The van der Waals surface area contributed by atoms with Crippen LogP contribution in [0.1, 0.15) is 69.3 Å². The summed E-state index contributed by atoms with van der Waals surface area (Å²) >= 11 is 0. The molecular weight excluding hydrogens is 436 g/mol. The molecule has 34 heavy (non-hydrogen) atoms. The fraction of sp³-hybridized carbons (Fsp3) is 0.520. The third-order valence-electron chi connectivity index (χ3n) is 7.90. The van der Waals surface area contributed by atoms with Gasteiger partial charge in [-0.05, 0) is 68.3 Å². The summed E-state index contributed by atoms with van der Waals surface area (Å²) in [6, 6.07) is 3.63. The van der Waals surface area contributed by atoms with Gasteiger partial charge in [0.2, 0.25) is 0 Å². The monoisotopic (exact) mass is 466 g/mol. The summed E-state index contributed by atoms with van der Waals surface area (Å²) < 4.78 is 5.14. The minimum absolute atomic E-state index is 0.0256. The number of aromatic nitrogens is 2. The maximum atomic E-state index is 11.8. The van der Waals surface area contributed by atoms with E-state index in [2.05, 4.69) is 19.8 Å². The van der Waals surface area contributed by atoms with Crippen LogP contribution in [-0.4, -0.2) is 69.7 Å². The van der Waals surface area contributed by atoms with E-state index in [4.69, 9.17) is 4.74 Å². The fourth-order valence-electron chi connectivity index (χ4n) is 5.60. The van der Waals surface area contributed by atoms with E-state index in [-0.39, 0.29) is 23.7 Å². The zero-order valence-corrected chi connectivity index (χ0v) is 19.4. The minimum atomic E-state index is -1.06. The Labute approximate surface area is 198 Å². The summed E-state index contributed by atoms with van der Waals surface area (Å²) in [6.45, 7) is 6.39. The molecule has 1 unspecified atom stereocenters. The number of carboxylic acids is 1. The zero-order valence-electron chi connectivity index (χ0n) is 19.4. The van der Waals surface area contributed by atoms with Crippen molar-refractivity contribution in [3.05, 3.63) is 52.5 Å². The molecule has 4 heterocycles. The van der Waals surface area contributed by atoms with Crippen LogP contribution < -0.4 is 4.90 Å². The molecule has 2 saturated heterocycles. The Kier molecular flexibility index (Phi) is 5.99. The number of carbonyl (C=O) groups is 2. The molecule has 2 aromatic rings. The van der Waals surface area contributed by atoms with Crippen molar-refractivity contribution in [1.29, 1.82) is 0 Å². The first kappa shape index (κ1) is 22.7. The van der Waals surface area contributed by atoms with Crippen molar-refractivity contribution < 1.29 is 24.5 Å². The Morgan fingerprint density at radius 3 is 2.56 bits per heavy atom. The van der Waals surface area contributed by atoms with Crippen LogP contribution in [0, 0.1) is 12.3 Å². The number of carboxylic acid groups (broad SMARTS) is 1.